The second-order valence-corrected chi connectivity index (χ2v) is 12.4. The van der Waals surface area contributed by atoms with E-state index in [1.807, 2.05) is 19.9 Å². The number of quaternary nitrogens is 1. The van der Waals surface area contributed by atoms with E-state index >= 15 is 0 Å². The van der Waals surface area contributed by atoms with Gasteiger partial charge in [-0.05, 0) is 63.5 Å². The SMILES string of the molecule is CCCCc1cc(=O)oc2c3c(cc(OCC(=O)N4CC5CC(C4)c4ccc([NH+]([O-])O)c(=O)n4C5)c12)OC(C)(C)CC3. The molecule has 2 bridgehead atoms. The van der Waals surface area contributed by atoms with Crippen LogP contribution in [0, 0.1) is 11.1 Å². The number of nitrogens with one attached hydrogen (secondary N) is 1. The van der Waals surface area contributed by atoms with Crippen molar-refractivity contribution in [1.29, 1.82) is 0 Å². The molecular weight excluding hydrogens is 542 g/mol. The zero-order chi connectivity index (χ0) is 29.8. The zero-order valence-corrected chi connectivity index (χ0v) is 24.2. The lowest BCUT2D eigenvalue weighted by Gasteiger charge is -2.42. The highest BCUT2D eigenvalue weighted by molar-refractivity contribution is 5.92. The van der Waals surface area contributed by atoms with Gasteiger partial charge in [0.1, 0.15) is 22.7 Å². The Morgan fingerprint density at radius 3 is 2.79 bits per heavy atom. The smallest absolute Gasteiger partial charge is 0.336 e. The van der Waals surface area contributed by atoms with Crippen molar-refractivity contribution in [3.8, 4) is 11.5 Å². The van der Waals surface area contributed by atoms with Crippen molar-refractivity contribution in [1.82, 2.24) is 9.47 Å². The lowest BCUT2D eigenvalue weighted by molar-refractivity contribution is -0.992. The maximum absolute atomic E-state index is 13.5. The summed E-state index contributed by atoms with van der Waals surface area (Å²) in [5.74, 6) is 0.860. The van der Waals surface area contributed by atoms with Crippen molar-refractivity contribution in [2.24, 2.45) is 5.92 Å². The molecule has 0 spiro atoms. The fourth-order valence-electron chi connectivity index (χ4n) is 6.74. The zero-order valence-electron chi connectivity index (χ0n) is 24.2. The summed E-state index contributed by atoms with van der Waals surface area (Å²) >= 11 is 0. The molecule has 1 amide bonds. The van der Waals surface area contributed by atoms with Crippen LogP contribution in [0.5, 0.6) is 11.5 Å². The minimum atomic E-state index is -1.24. The Hall–Kier alpha value is -3.67. The number of pyridine rings is 1. The molecule has 11 nitrogen and oxygen atoms in total. The quantitative estimate of drug-likeness (QED) is 0.322. The lowest BCUT2D eigenvalue weighted by Crippen LogP contribution is -3.00. The van der Waals surface area contributed by atoms with Crippen LogP contribution in [-0.2, 0) is 24.2 Å². The van der Waals surface area contributed by atoms with Crippen LogP contribution >= 0.6 is 0 Å². The maximum atomic E-state index is 13.5. The number of likely N-dealkylation sites (tertiary alicyclic amines) is 1. The highest BCUT2D eigenvalue weighted by atomic mass is 16.8. The Labute approximate surface area is 242 Å². The first kappa shape index (κ1) is 28.4. The number of hydrogen-bond acceptors (Lipinski definition) is 8. The molecule has 1 aromatic carbocycles. The highest BCUT2D eigenvalue weighted by Crippen LogP contribution is 2.43. The van der Waals surface area contributed by atoms with Gasteiger partial charge in [0, 0.05) is 55.0 Å². The number of unbranched alkanes of at least 4 members (excludes halogenated alkanes) is 1. The van der Waals surface area contributed by atoms with Gasteiger partial charge < -0.3 is 28.6 Å². The largest absolute Gasteiger partial charge is 0.595 e. The first-order valence-corrected chi connectivity index (χ1v) is 14.7. The number of carbonyl (C=O) groups excluding carboxylic acids is 1. The van der Waals surface area contributed by atoms with Crippen LogP contribution in [0.2, 0.25) is 0 Å². The molecule has 0 radical (unpaired) electrons. The molecule has 0 saturated carbocycles. The first-order chi connectivity index (χ1) is 20.0. The summed E-state index contributed by atoms with van der Waals surface area (Å²) in [6, 6.07) is 6.41. The van der Waals surface area contributed by atoms with E-state index in [9.17, 15) is 24.8 Å². The van der Waals surface area contributed by atoms with Crippen LogP contribution in [0.4, 0.5) is 5.69 Å². The lowest BCUT2D eigenvalue weighted by atomic mass is 9.83. The van der Waals surface area contributed by atoms with E-state index in [4.69, 9.17) is 13.9 Å². The number of ether oxygens (including phenoxy) is 2. The van der Waals surface area contributed by atoms with E-state index in [1.165, 1.54) is 12.1 Å². The molecule has 5 heterocycles. The maximum Gasteiger partial charge on any atom is 0.336 e. The standard InChI is InChI=1S/C31H37N3O8/c1-4-5-6-19-12-27(36)41-29-21-9-10-31(2,3)42-24(21)13-25(28(19)29)40-17-26(35)32-14-18-11-20(16-32)22-7-8-23(34(38)39)30(37)33(22)15-18/h7-8,12-13,18,20,34,38H,4-6,9-11,14-17H2,1-3H3. The van der Waals surface area contributed by atoms with Crippen molar-refractivity contribution in [3.05, 3.63) is 67.1 Å². The number of piperidine rings is 1. The Bertz CT molecular complexity index is 1660. The van der Waals surface area contributed by atoms with E-state index in [-0.39, 0.29) is 35.6 Å². The normalized spacial score (nSPS) is 21.3. The minimum absolute atomic E-state index is 0.0390. The first-order valence-electron chi connectivity index (χ1n) is 14.7. The topological polar surface area (TPSA) is 139 Å². The van der Waals surface area contributed by atoms with Gasteiger partial charge in [0.25, 0.3) is 5.91 Å². The number of benzene rings is 1. The monoisotopic (exact) mass is 579 g/mol. The molecule has 3 atom stereocenters. The van der Waals surface area contributed by atoms with Crippen molar-refractivity contribution >= 4 is 22.6 Å². The number of fused-ring (bicyclic) bond motifs is 7. The molecule has 0 aliphatic carbocycles. The second-order valence-electron chi connectivity index (χ2n) is 12.4. The Morgan fingerprint density at radius 1 is 1.21 bits per heavy atom. The number of carbonyl (C=O) groups is 1. The number of amides is 1. The summed E-state index contributed by atoms with van der Waals surface area (Å²) in [7, 11) is 0. The molecule has 2 N–H and O–H groups in total. The van der Waals surface area contributed by atoms with Gasteiger partial charge in [0.05, 0.1) is 5.39 Å². The summed E-state index contributed by atoms with van der Waals surface area (Å²) in [6.07, 6.45) is 4.86. The van der Waals surface area contributed by atoms with Crippen LogP contribution in [0.25, 0.3) is 11.0 Å². The number of aromatic nitrogens is 1. The minimum Gasteiger partial charge on any atom is -0.595 e. The third-order valence-electron chi connectivity index (χ3n) is 8.82. The Morgan fingerprint density at radius 2 is 2.02 bits per heavy atom. The fourth-order valence-corrected chi connectivity index (χ4v) is 6.74. The molecule has 6 rings (SSSR count). The molecular formula is C31H37N3O8. The molecule has 3 aliphatic rings. The van der Waals surface area contributed by atoms with Gasteiger partial charge in [-0.1, -0.05) is 13.3 Å². The van der Waals surface area contributed by atoms with Crippen LogP contribution in [0.3, 0.4) is 0 Å². The Balaban J connectivity index is 1.28. The van der Waals surface area contributed by atoms with Crippen molar-refractivity contribution in [2.45, 2.75) is 77.4 Å². The van der Waals surface area contributed by atoms with Gasteiger partial charge in [0.15, 0.2) is 6.61 Å². The average molecular weight is 580 g/mol. The summed E-state index contributed by atoms with van der Waals surface area (Å²) in [6.45, 7) is 7.17. The molecule has 2 aromatic heterocycles. The molecule has 3 unspecified atom stereocenters. The van der Waals surface area contributed by atoms with E-state index in [0.717, 1.165) is 47.9 Å². The summed E-state index contributed by atoms with van der Waals surface area (Å²) in [4.78, 5) is 40.6. The average Bonchev–Trinajstić information content (AvgIpc) is 2.93. The second kappa shape index (κ2) is 10.9. The Kier molecular flexibility index (Phi) is 7.36. The number of aryl methyl sites for hydroxylation is 2. The van der Waals surface area contributed by atoms with Crippen LogP contribution < -0.4 is 25.9 Å². The van der Waals surface area contributed by atoms with E-state index in [1.54, 1.807) is 15.5 Å². The number of hydrogen-bond donors (Lipinski definition) is 2. The van der Waals surface area contributed by atoms with Gasteiger partial charge in [-0.2, -0.15) is 5.23 Å². The molecule has 3 aromatic rings. The van der Waals surface area contributed by atoms with Crippen LogP contribution in [0.1, 0.15) is 69.2 Å². The van der Waals surface area contributed by atoms with Gasteiger partial charge in [-0.3, -0.25) is 9.59 Å². The van der Waals surface area contributed by atoms with Gasteiger partial charge in [0.2, 0.25) is 5.69 Å². The number of nitrogens with zero attached hydrogens (tertiary/aromatic N) is 2. The predicted molar refractivity (Wildman–Crippen MR) is 154 cm³/mol. The molecule has 224 valence electrons. The number of rotatable bonds is 7. The van der Waals surface area contributed by atoms with Crippen molar-refractivity contribution in [3.63, 3.8) is 0 Å². The summed E-state index contributed by atoms with van der Waals surface area (Å²) in [5, 5.41) is 20.3. The highest BCUT2D eigenvalue weighted by Gasteiger charge is 2.37. The van der Waals surface area contributed by atoms with Crippen molar-refractivity contribution in [2.75, 3.05) is 19.7 Å². The molecule has 11 heteroatoms. The van der Waals surface area contributed by atoms with Gasteiger partial charge in [-0.15, -0.1) is 0 Å². The van der Waals surface area contributed by atoms with E-state index < -0.39 is 16.4 Å². The molecule has 1 saturated heterocycles. The van der Waals surface area contributed by atoms with Crippen LogP contribution in [-0.4, -0.2) is 45.9 Å². The molecule has 42 heavy (non-hydrogen) atoms. The third-order valence-corrected chi connectivity index (χ3v) is 8.82. The van der Waals surface area contributed by atoms with Gasteiger partial charge in [-0.25, -0.2) is 10.0 Å². The molecule has 1 fully saturated rings. The summed E-state index contributed by atoms with van der Waals surface area (Å²) in [5.41, 5.74) is 1.39. The van der Waals surface area contributed by atoms with Gasteiger partial charge >= 0.3 is 11.2 Å². The molecule has 3 aliphatic heterocycles. The fraction of sp³-hybridized carbons (Fsp3) is 0.516. The summed E-state index contributed by atoms with van der Waals surface area (Å²) < 4.78 is 19.8. The predicted octanol–water partition coefficient (Wildman–Crippen LogP) is 2.83. The third kappa shape index (κ3) is 5.21. The van der Waals surface area contributed by atoms with Crippen molar-refractivity contribution < 1.29 is 29.1 Å². The van der Waals surface area contributed by atoms with E-state index in [0.29, 0.717) is 49.6 Å². The van der Waals surface area contributed by atoms with E-state index in [2.05, 4.69) is 6.92 Å². The van der Waals surface area contributed by atoms with Crippen LogP contribution in [0.15, 0.2) is 38.3 Å².